The average Bonchev–Trinajstić information content (AvgIpc) is 2.48. The van der Waals surface area contributed by atoms with E-state index >= 15 is 0 Å². The number of methoxy groups -OCH3 is 1. The predicted molar refractivity (Wildman–Crippen MR) is 81.3 cm³/mol. The smallest absolute Gasteiger partial charge is 0.265 e. The molecule has 2 rings (SSSR count). The van der Waals surface area contributed by atoms with Gasteiger partial charge in [-0.15, -0.1) is 0 Å². The summed E-state index contributed by atoms with van der Waals surface area (Å²) in [7, 11) is -2.33. The molecule has 0 fully saturated rings. The second-order valence-corrected chi connectivity index (χ2v) is 6.14. The van der Waals surface area contributed by atoms with Crippen molar-refractivity contribution in [2.45, 2.75) is 18.2 Å². The highest BCUT2D eigenvalue weighted by atomic mass is 32.2. The number of hydrogen-bond donors (Lipinski definition) is 2. The Bertz CT molecular complexity index is 724. The quantitative estimate of drug-likeness (QED) is 0.833. The van der Waals surface area contributed by atoms with Gasteiger partial charge in [-0.25, -0.2) is 8.42 Å². The Labute approximate surface area is 124 Å². The van der Waals surface area contributed by atoms with E-state index < -0.39 is 10.0 Å². The highest BCUT2D eigenvalue weighted by Crippen LogP contribution is 2.27. The third-order valence-electron chi connectivity index (χ3n) is 3.05. The molecule has 0 saturated carbocycles. The fraction of sp³-hybridized carbons (Fsp3) is 0.200. The Hall–Kier alpha value is -2.21. The molecule has 2 aromatic carbocycles. The molecule has 0 amide bonds. The minimum absolute atomic E-state index is 0.0727. The van der Waals surface area contributed by atoms with Crippen LogP contribution in [0.25, 0.3) is 0 Å². The van der Waals surface area contributed by atoms with E-state index in [-0.39, 0.29) is 10.6 Å². The maximum atomic E-state index is 12.5. The Kier molecular flexibility index (Phi) is 4.37. The lowest BCUT2D eigenvalue weighted by atomic mass is 10.2. The molecule has 2 N–H and O–H groups in total. The van der Waals surface area contributed by atoms with Crippen LogP contribution in [0.5, 0.6) is 11.5 Å². The van der Waals surface area contributed by atoms with Gasteiger partial charge in [0.2, 0.25) is 0 Å². The standard InChI is InChI=1S/C15H17NO4S/c1-3-11-4-9-14(20-2)15(10-11)21(18,19)16-12-5-7-13(17)8-6-12/h4-10,16-17H,3H2,1-2H3. The summed E-state index contributed by atoms with van der Waals surface area (Å²) < 4.78 is 32.6. The van der Waals surface area contributed by atoms with E-state index in [4.69, 9.17) is 4.74 Å². The van der Waals surface area contributed by atoms with Gasteiger partial charge in [-0.2, -0.15) is 0 Å². The van der Waals surface area contributed by atoms with Gasteiger partial charge in [-0.1, -0.05) is 13.0 Å². The molecule has 0 heterocycles. The summed E-state index contributed by atoms with van der Waals surface area (Å²) >= 11 is 0. The highest BCUT2D eigenvalue weighted by molar-refractivity contribution is 7.92. The van der Waals surface area contributed by atoms with Crippen molar-refractivity contribution >= 4 is 15.7 Å². The van der Waals surface area contributed by atoms with Crippen molar-refractivity contribution in [1.29, 1.82) is 0 Å². The molecular weight excluding hydrogens is 290 g/mol. The van der Waals surface area contributed by atoms with Crippen molar-refractivity contribution in [2.75, 3.05) is 11.8 Å². The van der Waals surface area contributed by atoms with Gasteiger partial charge >= 0.3 is 0 Å². The first kappa shape index (κ1) is 15.2. The number of ether oxygens (including phenoxy) is 1. The van der Waals surface area contributed by atoms with Gasteiger partial charge in [0.1, 0.15) is 16.4 Å². The number of rotatable bonds is 5. The zero-order valence-corrected chi connectivity index (χ0v) is 12.6. The number of anilines is 1. The van der Waals surface area contributed by atoms with Crippen LogP contribution < -0.4 is 9.46 Å². The van der Waals surface area contributed by atoms with E-state index in [9.17, 15) is 13.5 Å². The van der Waals surface area contributed by atoms with Crippen LogP contribution in [-0.2, 0) is 16.4 Å². The van der Waals surface area contributed by atoms with Crippen LogP contribution in [0.3, 0.4) is 0 Å². The molecule has 0 saturated heterocycles. The molecule has 0 atom stereocenters. The molecule has 21 heavy (non-hydrogen) atoms. The molecule has 2 aromatic rings. The van der Waals surface area contributed by atoms with Gasteiger partial charge in [0, 0.05) is 5.69 Å². The monoisotopic (exact) mass is 307 g/mol. The van der Waals surface area contributed by atoms with Crippen LogP contribution in [0.2, 0.25) is 0 Å². The zero-order valence-electron chi connectivity index (χ0n) is 11.8. The lowest BCUT2D eigenvalue weighted by Gasteiger charge is -2.13. The SMILES string of the molecule is CCc1ccc(OC)c(S(=O)(=O)Nc2ccc(O)cc2)c1. The van der Waals surface area contributed by atoms with Crippen LogP contribution in [-0.4, -0.2) is 20.6 Å². The Morgan fingerprint density at radius 2 is 1.81 bits per heavy atom. The van der Waals surface area contributed by atoms with Crippen molar-refractivity contribution in [3.05, 3.63) is 48.0 Å². The van der Waals surface area contributed by atoms with E-state index in [2.05, 4.69) is 4.72 Å². The summed E-state index contributed by atoms with van der Waals surface area (Å²) in [6.45, 7) is 1.95. The van der Waals surface area contributed by atoms with Crippen molar-refractivity contribution in [2.24, 2.45) is 0 Å². The second-order valence-electron chi connectivity index (χ2n) is 4.49. The fourth-order valence-corrected chi connectivity index (χ4v) is 3.17. The third-order valence-corrected chi connectivity index (χ3v) is 4.45. The van der Waals surface area contributed by atoms with Crippen LogP contribution >= 0.6 is 0 Å². The summed E-state index contributed by atoms with van der Waals surface area (Å²) in [5, 5.41) is 9.23. The normalized spacial score (nSPS) is 11.1. The lowest BCUT2D eigenvalue weighted by Crippen LogP contribution is -2.14. The van der Waals surface area contributed by atoms with Gasteiger partial charge in [0.25, 0.3) is 10.0 Å². The zero-order chi connectivity index (χ0) is 15.5. The number of sulfonamides is 1. The summed E-state index contributed by atoms with van der Waals surface area (Å²) in [5.41, 5.74) is 1.28. The number of hydrogen-bond acceptors (Lipinski definition) is 4. The molecule has 0 unspecified atom stereocenters. The fourth-order valence-electron chi connectivity index (χ4n) is 1.89. The minimum atomic E-state index is -3.76. The van der Waals surface area contributed by atoms with Crippen LogP contribution in [0, 0.1) is 0 Å². The first-order chi connectivity index (χ1) is 9.96. The maximum Gasteiger partial charge on any atom is 0.265 e. The maximum absolute atomic E-state index is 12.5. The molecule has 0 radical (unpaired) electrons. The average molecular weight is 307 g/mol. The van der Waals surface area contributed by atoms with E-state index in [1.807, 2.05) is 13.0 Å². The molecule has 0 aromatic heterocycles. The van der Waals surface area contributed by atoms with Gasteiger partial charge in [-0.05, 0) is 48.4 Å². The molecule has 0 bridgehead atoms. The van der Waals surface area contributed by atoms with E-state index in [0.29, 0.717) is 11.4 Å². The summed E-state index contributed by atoms with van der Waals surface area (Å²) in [6, 6.07) is 10.9. The largest absolute Gasteiger partial charge is 0.508 e. The number of aromatic hydroxyl groups is 1. The summed E-state index contributed by atoms with van der Waals surface area (Å²) in [6.07, 6.45) is 0.728. The van der Waals surface area contributed by atoms with Gasteiger partial charge in [-0.3, -0.25) is 4.72 Å². The first-order valence-corrected chi connectivity index (χ1v) is 7.93. The van der Waals surface area contributed by atoms with Crippen LogP contribution in [0.4, 0.5) is 5.69 Å². The molecular formula is C15H17NO4S. The number of aryl methyl sites for hydroxylation is 1. The number of benzene rings is 2. The molecule has 6 heteroatoms. The Morgan fingerprint density at radius 1 is 1.14 bits per heavy atom. The lowest BCUT2D eigenvalue weighted by molar-refractivity contribution is 0.402. The van der Waals surface area contributed by atoms with Crippen LogP contribution in [0.1, 0.15) is 12.5 Å². The molecule has 0 aliphatic carbocycles. The van der Waals surface area contributed by atoms with E-state index in [1.165, 1.54) is 31.4 Å². The van der Waals surface area contributed by atoms with E-state index in [1.54, 1.807) is 12.1 Å². The summed E-state index contributed by atoms with van der Waals surface area (Å²) in [4.78, 5) is 0.0948. The molecule has 0 aliphatic rings. The number of phenolic OH excluding ortho intramolecular Hbond substituents is 1. The topological polar surface area (TPSA) is 75.6 Å². The first-order valence-electron chi connectivity index (χ1n) is 6.45. The van der Waals surface area contributed by atoms with Gasteiger partial charge in [0.05, 0.1) is 7.11 Å². The van der Waals surface area contributed by atoms with Crippen molar-refractivity contribution < 1.29 is 18.3 Å². The minimum Gasteiger partial charge on any atom is -0.508 e. The summed E-state index contributed by atoms with van der Waals surface area (Å²) in [5.74, 6) is 0.363. The highest BCUT2D eigenvalue weighted by Gasteiger charge is 2.20. The van der Waals surface area contributed by atoms with Gasteiger partial charge < -0.3 is 9.84 Å². The number of nitrogens with one attached hydrogen (secondary N) is 1. The van der Waals surface area contributed by atoms with Crippen molar-refractivity contribution in [3.8, 4) is 11.5 Å². The predicted octanol–water partition coefficient (Wildman–Crippen LogP) is 2.76. The molecule has 0 aliphatic heterocycles. The van der Waals surface area contributed by atoms with Crippen LogP contribution in [0.15, 0.2) is 47.4 Å². The molecule has 112 valence electrons. The Balaban J connectivity index is 2.41. The number of phenols is 1. The van der Waals surface area contributed by atoms with Crippen molar-refractivity contribution in [1.82, 2.24) is 0 Å². The molecule has 0 spiro atoms. The third kappa shape index (κ3) is 3.46. The van der Waals surface area contributed by atoms with Gasteiger partial charge in [0.15, 0.2) is 0 Å². The second kappa shape index (κ2) is 6.05. The molecule has 5 nitrogen and oxygen atoms in total. The van der Waals surface area contributed by atoms with E-state index in [0.717, 1.165) is 12.0 Å². The Morgan fingerprint density at radius 3 is 2.38 bits per heavy atom. The van der Waals surface area contributed by atoms with Crippen molar-refractivity contribution in [3.63, 3.8) is 0 Å².